The average molecular weight is 403 g/mol. The number of anilines is 1. The zero-order chi connectivity index (χ0) is 20.5. The number of hydrogen-bond acceptors (Lipinski definition) is 7. The summed E-state index contributed by atoms with van der Waals surface area (Å²) in [5.74, 6) is 0.944. The van der Waals surface area contributed by atoms with Crippen LogP contribution in [0.1, 0.15) is 27.7 Å². The largest absolute Gasteiger partial charge is 0.470 e. The molecule has 0 atom stereocenters. The molecule has 0 bridgehead atoms. The fourth-order valence-electron chi connectivity index (χ4n) is 2.51. The number of rotatable bonds is 2. The van der Waals surface area contributed by atoms with Gasteiger partial charge in [0.2, 0.25) is 0 Å². The molecule has 4 heterocycles. The van der Waals surface area contributed by atoms with Gasteiger partial charge in [0.05, 0.1) is 10.9 Å². The molecule has 0 spiro atoms. The van der Waals surface area contributed by atoms with E-state index in [1.54, 1.807) is 24.8 Å². The fraction of sp³-hybridized carbons (Fsp3) is 0.350. The molecule has 4 rings (SSSR count). The number of allylic oxidation sites excluding steroid dienone is 2. The van der Waals surface area contributed by atoms with Crippen molar-refractivity contribution in [3.63, 3.8) is 0 Å². The van der Waals surface area contributed by atoms with E-state index in [1.807, 2.05) is 46.9 Å². The van der Waals surface area contributed by atoms with Gasteiger partial charge in [-0.25, -0.2) is 9.97 Å². The second kappa shape index (κ2) is 10.6. The highest BCUT2D eigenvalue weighted by atomic mass is 32.1. The molecule has 28 heavy (non-hydrogen) atoms. The van der Waals surface area contributed by atoms with Gasteiger partial charge in [-0.15, -0.1) is 11.3 Å². The Morgan fingerprint density at radius 3 is 2.64 bits per heavy atom. The second-order valence-corrected chi connectivity index (χ2v) is 6.37. The summed E-state index contributed by atoms with van der Waals surface area (Å²) in [6.45, 7) is 8.88. The maximum atomic E-state index is 12.3. The first kappa shape index (κ1) is 21.6. The van der Waals surface area contributed by atoms with Crippen LogP contribution < -0.4 is 10.9 Å². The minimum absolute atomic E-state index is 0.0619. The highest BCUT2D eigenvalue weighted by molar-refractivity contribution is 7.25. The predicted octanol–water partition coefficient (Wildman–Crippen LogP) is 4.46. The van der Waals surface area contributed by atoms with E-state index in [-0.39, 0.29) is 5.56 Å². The van der Waals surface area contributed by atoms with Crippen LogP contribution in [-0.2, 0) is 9.47 Å². The lowest BCUT2D eigenvalue weighted by molar-refractivity contribution is 0.0799. The van der Waals surface area contributed by atoms with Crippen LogP contribution in [0.2, 0.25) is 0 Å². The summed E-state index contributed by atoms with van der Waals surface area (Å²) in [5.41, 5.74) is 1.59. The van der Waals surface area contributed by atoms with Crippen LogP contribution in [0.25, 0.3) is 26.6 Å². The Bertz CT molecular complexity index is 1030. The first-order valence-electron chi connectivity index (χ1n) is 9.14. The quantitative estimate of drug-likeness (QED) is 0.682. The Morgan fingerprint density at radius 2 is 2.07 bits per heavy atom. The molecule has 0 amide bonds. The van der Waals surface area contributed by atoms with Crippen LogP contribution in [0.3, 0.4) is 0 Å². The molecule has 0 unspecified atom stereocenters. The van der Waals surface area contributed by atoms with Gasteiger partial charge in [0.1, 0.15) is 28.2 Å². The minimum Gasteiger partial charge on any atom is -0.470 e. The van der Waals surface area contributed by atoms with E-state index >= 15 is 0 Å². The molecule has 0 saturated carbocycles. The molecule has 1 N–H and O–H groups in total. The topological polar surface area (TPSA) is 78.3 Å². The molecule has 7 nitrogen and oxygen atoms in total. The summed E-state index contributed by atoms with van der Waals surface area (Å²) >= 11 is 1.38. The highest BCUT2D eigenvalue weighted by Crippen LogP contribution is 2.33. The fourth-order valence-corrected chi connectivity index (χ4v) is 3.57. The Labute approximate surface area is 168 Å². The Morgan fingerprint density at radius 1 is 1.29 bits per heavy atom. The van der Waals surface area contributed by atoms with E-state index in [0.717, 1.165) is 21.7 Å². The van der Waals surface area contributed by atoms with E-state index in [1.165, 1.54) is 15.9 Å². The van der Waals surface area contributed by atoms with Gasteiger partial charge in [-0.3, -0.25) is 9.36 Å². The van der Waals surface area contributed by atoms with E-state index in [9.17, 15) is 4.79 Å². The van der Waals surface area contributed by atoms with Crippen molar-refractivity contribution < 1.29 is 9.47 Å². The molecule has 150 valence electrons. The standard InChI is InChI=1S/C13H12N4OS.C5H8O2.C2H6/c1-3-6-17-7-16-10-9-8(14-2)4-5-15-12(9)19-11(10)13(17)18;1-2-5-3-6-4-7-5;1-2/h3-7H,1-2H3,(H,14,15);2H,3-4H2,1H3;1-2H3/b6-3+;5-2+;. The lowest BCUT2D eigenvalue weighted by Gasteiger charge is -2.01. The first-order chi connectivity index (χ1) is 13.7. The summed E-state index contributed by atoms with van der Waals surface area (Å²) in [7, 11) is 1.85. The molecule has 8 heteroatoms. The number of thiophene rings is 1. The lowest BCUT2D eigenvalue weighted by Crippen LogP contribution is -2.14. The summed E-state index contributed by atoms with van der Waals surface area (Å²) in [6.07, 6.45) is 8.69. The predicted molar refractivity (Wildman–Crippen MR) is 117 cm³/mol. The molecule has 1 aliphatic rings. The molecular formula is C20H26N4O3S. The molecule has 3 aromatic rings. The maximum absolute atomic E-state index is 12.3. The van der Waals surface area contributed by atoms with Crippen LogP contribution in [0.15, 0.2) is 41.3 Å². The van der Waals surface area contributed by atoms with Crippen molar-refractivity contribution in [3.8, 4) is 0 Å². The number of nitrogens with zero attached hydrogens (tertiary/aromatic N) is 3. The Kier molecular flexibility index (Phi) is 8.16. The lowest BCUT2D eigenvalue weighted by atomic mass is 10.2. The third-order valence-electron chi connectivity index (χ3n) is 3.78. The number of hydrogen-bond donors (Lipinski definition) is 1. The van der Waals surface area contributed by atoms with Gasteiger partial charge in [-0.05, 0) is 26.0 Å². The molecule has 0 radical (unpaired) electrons. The van der Waals surface area contributed by atoms with Crippen molar-refractivity contribution in [2.24, 2.45) is 0 Å². The van der Waals surface area contributed by atoms with Gasteiger partial charge in [-0.1, -0.05) is 19.9 Å². The number of aromatic nitrogens is 3. The molecule has 0 aromatic carbocycles. The van der Waals surface area contributed by atoms with Gasteiger partial charge < -0.3 is 14.8 Å². The Balaban J connectivity index is 0.000000261. The minimum atomic E-state index is -0.0619. The molecule has 1 saturated heterocycles. The van der Waals surface area contributed by atoms with E-state index < -0.39 is 0 Å². The normalized spacial score (nSPS) is 14.5. The highest BCUT2D eigenvalue weighted by Gasteiger charge is 2.14. The van der Waals surface area contributed by atoms with Gasteiger partial charge in [0, 0.05) is 25.1 Å². The van der Waals surface area contributed by atoms with Crippen molar-refractivity contribution in [1.29, 1.82) is 0 Å². The van der Waals surface area contributed by atoms with Gasteiger partial charge in [0.15, 0.2) is 6.79 Å². The third kappa shape index (κ3) is 4.58. The van der Waals surface area contributed by atoms with Crippen LogP contribution in [0, 0.1) is 0 Å². The van der Waals surface area contributed by atoms with E-state index in [0.29, 0.717) is 23.6 Å². The third-order valence-corrected chi connectivity index (χ3v) is 4.85. The van der Waals surface area contributed by atoms with Crippen molar-refractivity contribution >= 4 is 43.7 Å². The van der Waals surface area contributed by atoms with Crippen LogP contribution in [0.4, 0.5) is 5.69 Å². The second-order valence-electron chi connectivity index (χ2n) is 5.37. The molecule has 1 fully saturated rings. The molecule has 3 aromatic heterocycles. The smallest absolute Gasteiger partial charge is 0.275 e. The zero-order valence-electron chi connectivity index (χ0n) is 16.9. The van der Waals surface area contributed by atoms with Crippen LogP contribution in [0.5, 0.6) is 0 Å². The average Bonchev–Trinajstić information content (AvgIpc) is 3.40. The van der Waals surface area contributed by atoms with Gasteiger partial charge in [0.25, 0.3) is 5.56 Å². The summed E-state index contributed by atoms with van der Waals surface area (Å²) < 4.78 is 11.9. The summed E-state index contributed by atoms with van der Waals surface area (Å²) in [6, 6.07) is 1.88. The molecular weight excluding hydrogens is 376 g/mol. The van der Waals surface area contributed by atoms with Crippen molar-refractivity contribution in [2.75, 3.05) is 25.8 Å². The summed E-state index contributed by atoms with van der Waals surface area (Å²) in [5, 5.41) is 4.02. The number of nitrogens with one attached hydrogen (secondary N) is 1. The van der Waals surface area contributed by atoms with Crippen molar-refractivity contribution in [1.82, 2.24) is 14.5 Å². The first-order valence-corrected chi connectivity index (χ1v) is 9.95. The van der Waals surface area contributed by atoms with Gasteiger partial charge >= 0.3 is 0 Å². The van der Waals surface area contributed by atoms with Crippen LogP contribution >= 0.6 is 11.3 Å². The monoisotopic (exact) mass is 402 g/mol. The number of pyridine rings is 1. The molecule has 0 aliphatic carbocycles. The maximum Gasteiger partial charge on any atom is 0.275 e. The van der Waals surface area contributed by atoms with Crippen LogP contribution in [-0.4, -0.2) is 35.0 Å². The van der Waals surface area contributed by atoms with Crippen molar-refractivity contribution in [3.05, 3.63) is 46.9 Å². The Hall–Kier alpha value is -2.71. The van der Waals surface area contributed by atoms with E-state index in [4.69, 9.17) is 9.47 Å². The zero-order valence-corrected chi connectivity index (χ0v) is 17.7. The SMILES string of the molecule is C/C=C/n1cnc2c(sc3nccc(NC)c32)c1=O.C/C=C1\COCO1.CC. The molecule has 1 aliphatic heterocycles. The number of ether oxygens (including phenoxy) is 2. The van der Waals surface area contributed by atoms with Gasteiger partial charge in [-0.2, -0.15) is 0 Å². The van der Waals surface area contributed by atoms with E-state index in [2.05, 4.69) is 15.3 Å². The van der Waals surface area contributed by atoms with Crippen molar-refractivity contribution in [2.45, 2.75) is 27.7 Å². The number of fused-ring (bicyclic) bond motifs is 3. The summed E-state index contributed by atoms with van der Waals surface area (Å²) in [4.78, 5) is 21.9.